The van der Waals surface area contributed by atoms with Gasteiger partial charge in [0.05, 0.1) is 17.4 Å². The molecule has 0 saturated heterocycles. The zero-order chi connectivity index (χ0) is 20.1. The average Bonchev–Trinajstić information content (AvgIpc) is 3.06. The molecule has 10 heteroatoms. The van der Waals surface area contributed by atoms with Gasteiger partial charge < -0.3 is 5.11 Å². The van der Waals surface area contributed by atoms with E-state index in [4.69, 9.17) is 11.6 Å². The Hall–Kier alpha value is -2.20. The second-order valence-corrected chi connectivity index (χ2v) is 10.1. The molecule has 0 amide bonds. The van der Waals surface area contributed by atoms with Gasteiger partial charge in [0.1, 0.15) is 14.7 Å². The van der Waals surface area contributed by atoms with Crippen LogP contribution in [0.3, 0.4) is 0 Å². The molecule has 2 N–H and O–H groups in total. The zero-order valence-electron chi connectivity index (χ0n) is 14.6. The number of carboxylic acid groups (broad SMARTS) is 1. The summed E-state index contributed by atoms with van der Waals surface area (Å²) in [4.78, 5) is 12.1. The van der Waals surface area contributed by atoms with Crippen LogP contribution in [0.4, 0.5) is 0 Å². The van der Waals surface area contributed by atoms with Crippen molar-refractivity contribution in [1.29, 1.82) is 0 Å². The molecule has 1 aliphatic rings. The Bertz CT molecular complexity index is 1140. The Labute approximate surface area is 170 Å². The van der Waals surface area contributed by atoms with Crippen molar-refractivity contribution in [3.63, 3.8) is 0 Å². The lowest BCUT2D eigenvalue weighted by atomic mass is 10.1. The summed E-state index contributed by atoms with van der Waals surface area (Å²) >= 11 is 6.84. The van der Waals surface area contributed by atoms with E-state index in [-0.39, 0.29) is 10.1 Å². The molecule has 2 heterocycles. The third-order valence-electron chi connectivity index (χ3n) is 5.02. The summed E-state index contributed by atoms with van der Waals surface area (Å²) in [7, 11) is -4.04. The van der Waals surface area contributed by atoms with Crippen molar-refractivity contribution < 1.29 is 18.3 Å². The summed E-state index contributed by atoms with van der Waals surface area (Å²) in [5.74, 6) is -2.01. The molecule has 1 fully saturated rings. The molecular formula is C18H16ClN3O4S2. The van der Waals surface area contributed by atoms with Gasteiger partial charge in [0, 0.05) is 5.92 Å². The van der Waals surface area contributed by atoms with Crippen molar-refractivity contribution in [2.45, 2.75) is 22.6 Å². The van der Waals surface area contributed by atoms with E-state index in [0.717, 1.165) is 16.9 Å². The standard InChI is InChI=1S/C18H16ClN3O4S2/c1-11-16(12-5-3-2-4-6-12)18(11,17(23)24)21-28(25,26)15-8-7-14(27-15)22-10-13(19)9-20-22/h2-11,16,21H,1H3,(H,23,24)/t11?,16-,18?/m1/s1. The fourth-order valence-corrected chi connectivity index (χ4v) is 6.39. The van der Waals surface area contributed by atoms with Crippen LogP contribution in [0.5, 0.6) is 0 Å². The van der Waals surface area contributed by atoms with E-state index in [1.54, 1.807) is 19.2 Å². The number of carbonyl (C=O) groups is 1. The largest absolute Gasteiger partial charge is 0.480 e. The van der Waals surface area contributed by atoms with E-state index in [1.165, 1.54) is 16.9 Å². The second kappa shape index (κ2) is 6.70. The van der Waals surface area contributed by atoms with Crippen LogP contribution in [0.15, 0.2) is 59.1 Å². The van der Waals surface area contributed by atoms with Crippen molar-refractivity contribution in [3.8, 4) is 5.00 Å². The Kier molecular flexibility index (Phi) is 4.58. The van der Waals surface area contributed by atoms with Gasteiger partial charge in [-0.25, -0.2) is 13.1 Å². The minimum atomic E-state index is -4.04. The minimum absolute atomic E-state index is 0.0145. The lowest BCUT2D eigenvalue weighted by molar-refractivity contribution is -0.140. The SMILES string of the molecule is CC1[C@H](c2ccccc2)C1(NS(=O)(=O)c1ccc(-n2cc(Cl)cn2)s1)C(=O)O. The predicted molar refractivity (Wildman–Crippen MR) is 105 cm³/mol. The van der Waals surface area contributed by atoms with Crippen molar-refractivity contribution in [1.82, 2.24) is 14.5 Å². The van der Waals surface area contributed by atoms with Crippen molar-refractivity contribution >= 4 is 38.9 Å². The van der Waals surface area contributed by atoms with E-state index < -0.39 is 27.4 Å². The highest BCUT2D eigenvalue weighted by atomic mass is 35.5. The van der Waals surface area contributed by atoms with Gasteiger partial charge in [-0.05, 0) is 23.6 Å². The molecule has 3 aromatic rings. The quantitative estimate of drug-likeness (QED) is 0.617. The normalized spacial score (nSPS) is 24.2. The molecule has 7 nitrogen and oxygen atoms in total. The molecule has 1 aromatic carbocycles. The number of hydrogen-bond acceptors (Lipinski definition) is 5. The predicted octanol–water partition coefficient (Wildman–Crippen LogP) is 3.12. The molecule has 0 aliphatic heterocycles. The number of nitrogens with one attached hydrogen (secondary N) is 1. The van der Waals surface area contributed by atoms with Gasteiger partial charge in [0.15, 0.2) is 0 Å². The molecule has 0 spiro atoms. The Morgan fingerprint density at radius 2 is 2.00 bits per heavy atom. The topological polar surface area (TPSA) is 101 Å². The zero-order valence-corrected chi connectivity index (χ0v) is 17.0. The first kappa shape index (κ1) is 19.1. The monoisotopic (exact) mass is 437 g/mol. The maximum absolute atomic E-state index is 12.9. The van der Waals surface area contributed by atoms with E-state index in [0.29, 0.717) is 10.0 Å². The fourth-order valence-electron chi connectivity index (χ4n) is 3.57. The third-order valence-corrected chi connectivity index (χ3v) is 8.27. The van der Waals surface area contributed by atoms with E-state index in [9.17, 15) is 18.3 Å². The molecule has 0 bridgehead atoms. The molecule has 2 aromatic heterocycles. The molecule has 2 unspecified atom stereocenters. The molecular weight excluding hydrogens is 422 g/mol. The molecule has 146 valence electrons. The highest BCUT2D eigenvalue weighted by molar-refractivity contribution is 7.91. The number of aliphatic carboxylic acids is 1. The van der Waals surface area contributed by atoms with Crippen LogP contribution in [0, 0.1) is 5.92 Å². The van der Waals surface area contributed by atoms with Crippen LogP contribution in [0.25, 0.3) is 5.00 Å². The van der Waals surface area contributed by atoms with E-state index in [2.05, 4.69) is 9.82 Å². The number of halogens is 1. The number of hydrogen-bond donors (Lipinski definition) is 2. The molecule has 3 atom stereocenters. The highest BCUT2D eigenvalue weighted by Gasteiger charge is 2.70. The average molecular weight is 438 g/mol. The maximum atomic E-state index is 12.9. The van der Waals surface area contributed by atoms with Crippen LogP contribution in [-0.4, -0.2) is 34.8 Å². The van der Waals surface area contributed by atoms with Crippen LogP contribution >= 0.6 is 22.9 Å². The third kappa shape index (κ3) is 3.04. The lowest BCUT2D eigenvalue weighted by Gasteiger charge is -2.15. The molecule has 28 heavy (non-hydrogen) atoms. The van der Waals surface area contributed by atoms with Gasteiger partial charge >= 0.3 is 5.97 Å². The van der Waals surface area contributed by atoms with Gasteiger partial charge in [-0.3, -0.25) is 4.79 Å². The van der Waals surface area contributed by atoms with Crippen molar-refractivity contribution in [2.75, 3.05) is 0 Å². The van der Waals surface area contributed by atoms with Crippen molar-refractivity contribution in [3.05, 3.63) is 65.4 Å². The second-order valence-electron chi connectivity index (χ2n) is 6.65. The lowest BCUT2D eigenvalue weighted by Crippen LogP contribution is -2.45. The number of aromatic nitrogens is 2. The maximum Gasteiger partial charge on any atom is 0.325 e. The number of benzene rings is 1. The first-order valence-electron chi connectivity index (χ1n) is 8.38. The number of sulfonamides is 1. The highest BCUT2D eigenvalue weighted by Crippen LogP contribution is 2.58. The molecule has 4 rings (SSSR count). The summed E-state index contributed by atoms with van der Waals surface area (Å²) in [5, 5.41) is 14.9. The summed E-state index contributed by atoms with van der Waals surface area (Å²) in [6, 6.07) is 12.1. The fraction of sp³-hybridized carbons (Fsp3) is 0.222. The number of carboxylic acids is 1. The smallest absolute Gasteiger partial charge is 0.325 e. The summed E-state index contributed by atoms with van der Waals surface area (Å²) in [6.07, 6.45) is 3.01. The van der Waals surface area contributed by atoms with E-state index in [1.807, 2.05) is 30.3 Å². The van der Waals surface area contributed by atoms with Gasteiger partial charge in [-0.2, -0.15) is 9.82 Å². The number of nitrogens with zero attached hydrogens (tertiary/aromatic N) is 2. The van der Waals surface area contributed by atoms with Crippen molar-refractivity contribution in [2.24, 2.45) is 5.92 Å². The van der Waals surface area contributed by atoms with Gasteiger partial charge in [0.2, 0.25) is 0 Å². The molecule has 0 radical (unpaired) electrons. The molecule has 1 saturated carbocycles. The number of rotatable bonds is 6. The summed E-state index contributed by atoms with van der Waals surface area (Å²) in [6.45, 7) is 1.74. The first-order chi connectivity index (χ1) is 13.3. The first-order valence-corrected chi connectivity index (χ1v) is 11.1. The molecule has 1 aliphatic carbocycles. The van der Waals surface area contributed by atoms with Crippen LogP contribution < -0.4 is 4.72 Å². The summed E-state index contributed by atoms with van der Waals surface area (Å²) in [5.41, 5.74) is -0.780. The Morgan fingerprint density at radius 1 is 1.29 bits per heavy atom. The minimum Gasteiger partial charge on any atom is -0.480 e. The van der Waals surface area contributed by atoms with Crippen LogP contribution in [0.2, 0.25) is 5.02 Å². The van der Waals surface area contributed by atoms with E-state index >= 15 is 0 Å². The Morgan fingerprint density at radius 3 is 2.61 bits per heavy atom. The Balaban J connectivity index is 1.65. The van der Waals surface area contributed by atoms with Crippen LogP contribution in [0.1, 0.15) is 18.4 Å². The van der Waals surface area contributed by atoms with Gasteiger partial charge in [0.25, 0.3) is 10.0 Å². The van der Waals surface area contributed by atoms with Gasteiger partial charge in [-0.1, -0.05) is 48.9 Å². The van der Waals surface area contributed by atoms with Gasteiger partial charge in [-0.15, -0.1) is 11.3 Å². The number of thiophene rings is 1. The summed E-state index contributed by atoms with van der Waals surface area (Å²) < 4.78 is 29.8. The van der Waals surface area contributed by atoms with Crippen LogP contribution in [-0.2, 0) is 14.8 Å².